The maximum absolute atomic E-state index is 12.0. The zero-order valence-electron chi connectivity index (χ0n) is 15.5. The minimum Gasteiger partial charge on any atom is -0.497 e. The van der Waals surface area contributed by atoms with Crippen LogP contribution in [0.5, 0.6) is 5.75 Å². The van der Waals surface area contributed by atoms with Crippen LogP contribution in [0, 0.1) is 0 Å². The van der Waals surface area contributed by atoms with E-state index in [1.807, 2.05) is 39.8 Å². The van der Waals surface area contributed by atoms with Crippen LogP contribution in [0.3, 0.4) is 0 Å². The van der Waals surface area contributed by atoms with E-state index in [4.69, 9.17) is 4.74 Å². The summed E-state index contributed by atoms with van der Waals surface area (Å²) in [5.41, 5.74) is 1.24. The molecule has 0 saturated heterocycles. The fraction of sp³-hybridized carbons (Fsp3) is 0.611. The summed E-state index contributed by atoms with van der Waals surface area (Å²) in [6.07, 6.45) is 0.905. The molecule has 24 heavy (non-hydrogen) atoms. The molecule has 2 N–H and O–H groups in total. The maximum Gasteiger partial charge on any atom is 0.191 e. The molecule has 5 nitrogen and oxygen atoms in total. The molecular weight excluding hydrogens is 322 g/mol. The van der Waals surface area contributed by atoms with E-state index in [0.717, 1.165) is 31.2 Å². The van der Waals surface area contributed by atoms with Crippen molar-refractivity contribution in [3.8, 4) is 5.75 Å². The lowest BCUT2D eigenvalue weighted by molar-refractivity contribution is 0.414. The Labute approximate surface area is 148 Å². The first-order chi connectivity index (χ1) is 11.4. The highest BCUT2D eigenvalue weighted by Crippen LogP contribution is 2.11. The molecule has 1 aromatic rings. The van der Waals surface area contributed by atoms with Crippen molar-refractivity contribution in [3.63, 3.8) is 0 Å². The Kier molecular flexibility index (Phi) is 8.82. The van der Waals surface area contributed by atoms with Crippen LogP contribution < -0.4 is 15.4 Å². The SMILES string of the molecule is CCNC(=NCCS(=O)C(C)(C)C)NCCc1ccc(OC)cc1. The van der Waals surface area contributed by atoms with E-state index in [1.165, 1.54) is 5.56 Å². The van der Waals surface area contributed by atoms with Gasteiger partial charge in [0, 0.05) is 34.4 Å². The van der Waals surface area contributed by atoms with Crippen molar-refractivity contribution in [1.29, 1.82) is 0 Å². The van der Waals surface area contributed by atoms with Crippen molar-refractivity contribution in [2.75, 3.05) is 32.5 Å². The van der Waals surface area contributed by atoms with Crippen LogP contribution in [-0.2, 0) is 17.2 Å². The topological polar surface area (TPSA) is 62.7 Å². The third kappa shape index (κ3) is 7.81. The quantitative estimate of drug-likeness (QED) is 0.556. The smallest absolute Gasteiger partial charge is 0.191 e. The van der Waals surface area contributed by atoms with Crippen LogP contribution in [-0.4, -0.2) is 47.4 Å². The lowest BCUT2D eigenvalue weighted by Gasteiger charge is -2.17. The highest BCUT2D eigenvalue weighted by Gasteiger charge is 2.18. The van der Waals surface area contributed by atoms with Crippen molar-refractivity contribution in [2.24, 2.45) is 4.99 Å². The molecular formula is C18H31N3O2S. The van der Waals surface area contributed by atoms with Gasteiger partial charge in [0.1, 0.15) is 5.75 Å². The predicted octanol–water partition coefficient (Wildman–Crippen LogP) is 2.34. The molecule has 0 amide bonds. The zero-order valence-corrected chi connectivity index (χ0v) is 16.3. The fourth-order valence-electron chi connectivity index (χ4n) is 2.01. The summed E-state index contributed by atoms with van der Waals surface area (Å²) >= 11 is 0. The number of nitrogens with zero attached hydrogens (tertiary/aromatic N) is 1. The number of hydrogen-bond acceptors (Lipinski definition) is 3. The van der Waals surface area contributed by atoms with Gasteiger partial charge in [-0.05, 0) is 51.8 Å². The van der Waals surface area contributed by atoms with Crippen molar-refractivity contribution in [1.82, 2.24) is 10.6 Å². The zero-order chi connectivity index (χ0) is 18.0. The minimum absolute atomic E-state index is 0.185. The molecule has 1 rings (SSSR count). The number of nitrogens with one attached hydrogen (secondary N) is 2. The molecule has 1 atom stereocenters. The molecule has 0 bridgehead atoms. The predicted molar refractivity (Wildman–Crippen MR) is 103 cm³/mol. The van der Waals surface area contributed by atoms with Crippen LogP contribution in [0.25, 0.3) is 0 Å². The Hall–Kier alpha value is -1.56. The Morgan fingerprint density at radius 1 is 1.21 bits per heavy atom. The van der Waals surface area contributed by atoms with E-state index in [0.29, 0.717) is 12.3 Å². The van der Waals surface area contributed by atoms with Gasteiger partial charge in [0.15, 0.2) is 5.96 Å². The second-order valence-electron chi connectivity index (χ2n) is 6.45. The largest absolute Gasteiger partial charge is 0.497 e. The third-order valence-electron chi connectivity index (χ3n) is 3.44. The number of methoxy groups -OCH3 is 1. The molecule has 136 valence electrons. The number of ether oxygens (including phenoxy) is 1. The van der Waals surface area contributed by atoms with E-state index >= 15 is 0 Å². The number of rotatable bonds is 8. The molecule has 1 unspecified atom stereocenters. The van der Waals surface area contributed by atoms with Gasteiger partial charge in [0.2, 0.25) is 0 Å². The summed E-state index contributed by atoms with van der Waals surface area (Å²) < 4.78 is 17.0. The molecule has 6 heteroatoms. The van der Waals surface area contributed by atoms with E-state index < -0.39 is 10.8 Å². The summed E-state index contributed by atoms with van der Waals surface area (Å²) in [5.74, 6) is 2.23. The fourth-order valence-corrected chi connectivity index (χ4v) is 2.88. The maximum atomic E-state index is 12.0. The summed E-state index contributed by atoms with van der Waals surface area (Å²) in [4.78, 5) is 4.51. The second kappa shape index (κ2) is 10.3. The van der Waals surface area contributed by atoms with Crippen LogP contribution >= 0.6 is 0 Å². The number of hydrogen-bond donors (Lipinski definition) is 2. The second-order valence-corrected chi connectivity index (χ2v) is 8.77. The molecule has 0 fully saturated rings. The summed E-state index contributed by atoms with van der Waals surface area (Å²) in [5, 5.41) is 6.54. The average Bonchev–Trinajstić information content (AvgIpc) is 2.54. The van der Waals surface area contributed by atoms with Gasteiger partial charge in [-0.15, -0.1) is 0 Å². The standard InChI is InChI=1S/C18H31N3O2S/c1-6-19-17(21-13-14-24(22)18(2,3)4)20-12-11-15-7-9-16(23-5)10-8-15/h7-10H,6,11-14H2,1-5H3,(H2,19,20,21). The van der Waals surface area contributed by atoms with E-state index in [1.54, 1.807) is 7.11 Å². The lowest BCUT2D eigenvalue weighted by atomic mass is 10.1. The molecule has 0 saturated carbocycles. The molecule has 0 heterocycles. The number of guanidine groups is 1. The van der Waals surface area contributed by atoms with Gasteiger partial charge in [-0.2, -0.15) is 0 Å². The highest BCUT2D eigenvalue weighted by molar-refractivity contribution is 7.86. The molecule has 0 radical (unpaired) electrons. The van der Waals surface area contributed by atoms with Crippen LogP contribution in [0.15, 0.2) is 29.3 Å². The lowest BCUT2D eigenvalue weighted by Crippen LogP contribution is -2.38. The van der Waals surface area contributed by atoms with Gasteiger partial charge in [0.25, 0.3) is 0 Å². The van der Waals surface area contributed by atoms with Crippen LogP contribution in [0.4, 0.5) is 0 Å². The first-order valence-electron chi connectivity index (χ1n) is 8.40. The van der Waals surface area contributed by atoms with E-state index in [-0.39, 0.29) is 4.75 Å². The summed E-state index contributed by atoms with van der Waals surface area (Å²) in [7, 11) is 0.798. The minimum atomic E-state index is -0.871. The van der Waals surface area contributed by atoms with Gasteiger partial charge in [-0.3, -0.25) is 9.20 Å². The number of benzene rings is 1. The van der Waals surface area contributed by atoms with E-state index in [2.05, 4.69) is 27.8 Å². The van der Waals surface area contributed by atoms with Crippen molar-refractivity contribution >= 4 is 16.8 Å². The highest BCUT2D eigenvalue weighted by atomic mass is 32.2. The molecule has 0 spiro atoms. The Bertz CT molecular complexity index is 536. The van der Waals surface area contributed by atoms with Crippen molar-refractivity contribution < 1.29 is 8.95 Å². The van der Waals surface area contributed by atoms with Gasteiger partial charge >= 0.3 is 0 Å². The first kappa shape index (κ1) is 20.5. The summed E-state index contributed by atoms with van der Waals surface area (Å²) in [6, 6.07) is 8.07. The Morgan fingerprint density at radius 2 is 1.88 bits per heavy atom. The van der Waals surface area contributed by atoms with Crippen LogP contribution in [0.2, 0.25) is 0 Å². The van der Waals surface area contributed by atoms with Gasteiger partial charge in [-0.1, -0.05) is 12.1 Å². The average molecular weight is 354 g/mol. The molecule has 0 aromatic heterocycles. The molecule has 1 aromatic carbocycles. The Morgan fingerprint density at radius 3 is 2.42 bits per heavy atom. The van der Waals surface area contributed by atoms with Crippen molar-refractivity contribution in [2.45, 2.75) is 38.9 Å². The van der Waals surface area contributed by atoms with Gasteiger partial charge in [0.05, 0.1) is 13.7 Å². The summed E-state index contributed by atoms with van der Waals surface area (Å²) in [6.45, 7) is 10.2. The van der Waals surface area contributed by atoms with Crippen LogP contribution in [0.1, 0.15) is 33.3 Å². The molecule has 0 aliphatic rings. The third-order valence-corrected chi connectivity index (χ3v) is 5.36. The monoisotopic (exact) mass is 353 g/mol. The molecule has 0 aliphatic heterocycles. The molecule has 0 aliphatic carbocycles. The van der Waals surface area contributed by atoms with Crippen molar-refractivity contribution in [3.05, 3.63) is 29.8 Å². The van der Waals surface area contributed by atoms with Gasteiger partial charge < -0.3 is 15.4 Å². The first-order valence-corrected chi connectivity index (χ1v) is 9.72. The Balaban J connectivity index is 2.44. The van der Waals surface area contributed by atoms with Gasteiger partial charge in [-0.25, -0.2) is 0 Å². The van der Waals surface area contributed by atoms with E-state index in [9.17, 15) is 4.21 Å². The normalized spacial score (nSPS) is 13.5. The number of aliphatic imine (C=N–C) groups is 1.